The Labute approximate surface area is 176 Å². The second-order valence-corrected chi connectivity index (χ2v) is 6.85. The van der Waals surface area contributed by atoms with Crippen LogP contribution < -0.4 is 11.0 Å². The molecule has 1 N–H and O–H groups in total. The standard InChI is InChI=1S/C20H18ClN5O4/c1-2-3-10-25-20(28)15-7-5-4-6-14(15)18(24-25)19(27)23-22-12-13-8-9-16(21)17(11-13)26(29)30/h4-9,11-12H,2-3,10H2,1H3,(H,23,27)/b22-12+. The Morgan fingerprint density at radius 1 is 1.30 bits per heavy atom. The number of benzene rings is 2. The van der Waals surface area contributed by atoms with Crippen molar-refractivity contribution in [1.82, 2.24) is 15.2 Å². The van der Waals surface area contributed by atoms with Crippen molar-refractivity contribution in [2.75, 3.05) is 0 Å². The smallest absolute Gasteiger partial charge is 0.267 e. The number of carbonyl (C=O) groups is 1. The Morgan fingerprint density at radius 3 is 2.73 bits per heavy atom. The lowest BCUT2D eigenvalue weighted by atomic mass is 10.1. The fourth-order valence-corrected chi connectivity index (χ4v) is 3.02. The lowest BCUT2D eigenvalue weighted by Gasteiger charge is -2.09. The van der Waals surface area contributed by atoms with Gasteiger partial charge in [-0.3, -0.25) is 19.7 Å². The molecular formula is C20H18ClN5O4. The van der Waals surface area contributed by atoms with Crippen LogP contribution in [0.25, 0.3) is 10.8 Å². The van der Waals surface area contributed by atoms with Gasteiger partial charge in [0.05, 0.1) is 16.5 Å². The molecule has 2 aromatic carbocycles. The highest BCUT2D eigenvalue weighted by atomic mass is 35.5. The predicted molar refractivity (Wildman–Crippen MR) is 114 cm³/mol. The van der Waals surface area contributed by atoms with E-state index >= 15 is 0 Å². The van der Waals surface area contributed by atoms with Gasteiger partial charge in [0.15, 0.2) is 5.69 Å². The molecule has 0 atom stereocenters. The molecule has 10 heteroatoms. The molecule has 0 aliphatic rings. The third-order valence-electron chi connectivity index (χ3n) is 4.35. The Morgan fingerprint density at radius 2 is 2.03 bits per heavy atom. The predicted octanol–water partition coefficient (Wildman–Crippen LogP) is 3.52. The number of carbonyl (C=O) groups excluding carboxylic acids is 1. The Balaban J connectivity index is 1.89. The van der Waals surface area contributed by atoms with E-state index in [-0.39, 0.29) is 22.0 Å². The van der Waals surface area contributed by atoms with E-state index in [4.69, 9.17) is 11.6 Å². The van der Waals surface area contributed by atoms with Gasteiger partial charge in [-0.05, 0) is 18.6 Å². The van der Waals surface area contributed by atoms with E-state index in [0.29, 0.717) is 22.9 Å². The maximum Gasteiger partial charge on any atom is 0.292 e. The van der Waals surface area contributed by atoms with Crippen LogP contribution in [0.15, 0.2) is 52.4 Å². The van der Waals surface area contributed by atoms with E-state index < -0.39 is 10.8 Å². The molecule has 0 spiro atoms. The van der Waals surface area contributed by atoms with Crippen molar-refractivity contribution in [1.29, 1.82) is 0 Å². The van der Waals surface area contributed by atoms with E-state index in [9.17, 15) is 19.7 Å². The van der Waals surface area contributed by atoms with E-state index in [1.807, 2.05) is 6.92 Å². The molecule has 3 aromatic rings. The summed E-state index contributed by atoms with van der Waals surface area (Å²) in [5.74, 6) is -0.601. The van der Waals surface area contributed by atoms with Crippen LogP contribution in [0, 0.1) is 10.1 Å². The fraction of sp³-hybridized carbons (Fsp3) is 0.200. The molecule has 1 heterocycles. The second kappa shape index (κ2) is 9.27. The van der Waals surface area contributed by atoms with Gasteiger partial charge in [-0.1, -0.05) is 49.2 Å². The highest BCUT2D eigenvalue weighted by Gasteiger charge is 2.16. The van der Waals surface area contributed by atoms with Crippen molar-refractivity contribution >= 4 is 40.2 Å². The van der Waals surface area contributed by atoms with Crippen LogP contribution in [0.1, 0.15) is 35.8 Å². The summed E-state index contributed by atoms with van der Waals surface area (Å²) in [4.78, 5) is 35.6. The van der Waals surface area contributed by atoms with Gasteiger partial charge in [0.1, 0.15) is 5.02 Å². The zero-order valence-corrected chi connectivity index (χ0v) is 16.8. The first-order valence-electron chi connectivity index (χ1n) is 9.19. The average Bonchev–Trinajstić information content (AvgIpc) is 2.74. The number of aryl methyl sites for hydroxylation is 1. The zero-order valence-electron chi connectivity index (χ0n) is 16.0. The molecule has 0 bridgehead atoms. The summed E-state index contributed by atoms with van der Waals surface area (Å²) in [6.07, 6.45) is 2.89. The van der Waals surface area contributed by atoms with Gasteiger partial charge in [-0.25, -0.2) is 10.1 Å². The molecule has 0 aliphatic carbocycles. The minimum Gasteiger partial charge on any atom is -0.267 e. The van der Waals surface area contributed by atoms with Crippen LogP contribution >= 0.6 is 11.6 Å². The van der Waals surface area contributed by atoms with Gasteiger partial charge < -0.3 is 0 Å². The van der Waals surface area contributed by atoms with Gasteiger partial charge in [0.2, 0.25) is 0 Å². The molecular weight excluding hydrogens is 410 g/mol. The van der Waals surface area contributed by atoms with Gasteiger partial charge in [0, 0.05) is 23.6 Å². The summed E-state index contributed by atoms with van der Waals surface area (Å²) in [7, 11) is 0. The molecule has 30 heavy (non-hydrogen) atoms. The van der Waals surface area contributed by atoms with Crippen molar-refractivity contribution in [3.63, 3.8) is 0 Å². The number of nitrogens with zero attached hydrogens (tertiary/aromatic N) is 4. The lowest BCUT2D eigenvalue weighted by molar-refractivity contribution is -0.384. The number of hydrogen-bond acceptors (Lipinski definition) is 6. The number of hydrazone groups is 1. The zero-order chi connectivity index (χ0) is 21.7. The topological polar surface area (TPSA) is 119 Å². The molecule has 1 aromatic heterocycles. The number of amides is 1. The third kappa shape index (κ3) is 4.52. The monoisotopic (exact) mass is 427 g/mol. The summed E-state index contributed by atoms with van der Waals surface area (Å²) in [5, 5.41) is 19.9. The van der Waals surface area contributed by atoms with Crippen LogP contribution in [0.2, 0.25) is 5.02 Å². The van der Waals surface area contributed by atoms with Gasteiger partial charge >= 0.3 is 0 Å². The first kappa shape index (κ1) is 21.1. The van der Waals surface area contributed by atoms with Crippen molar-refractivity contribution in [3.8, 4) is 0 Å². The quantitative estimate of drug-likeness (QED) is 0.351. The average molecular weight is 428 g/mol. The molecule has 154 valence electrons. The fourth-order valence-electron chi connectivity index (χ4n) is 2.83. The minimum atomic E-state index is -0.603. The minimum absolute atomic E-state index is 0.00573. The van der Waals surface area contributed by atoms with Gasteiger partial charge in [0.25, 0.3) is 17.2 Å². The second-order valence-electron chi connectivity index (χ2n) is 6.44. The SMILES string of the molecule is CCCCn1nc(C(=O)N/N=C/c2ccc(Cl)c([N+](=O)[O-])c2)c2ccccc2c1=O. The molecule has 3 rings (SSSR count). The highest BCUT2D eigenvalue weighted by molar-refractivity contribution is 6.32. The summed E-state index contributed by atoms with van der Waals surface area (Å²) in [6.45, 7) is 2.40. The summed E-state index contributed by atoms with van der Waals surface area (Å²) in [5.41, 5.74) is 2.29. The van der Waals surface area contributed by atoms with Gasteiger partial charge in [-0.15, -0.1) is 0 Å². The van der Waals surface area contributed by atoms with Crippen molar-refractivity contribution < 1.29 is 9.72 Å². The van der Waals surface area contributed by atoms with E-state index in [1.54, 1.807) is 24.3 Å². The largest absolute Gasteiger partial charge is 0.292 e. The Kier molecular flexibility index (Phi) is 6.53. The van der Waals surface area contributed by atoms with Crippen LogP contribution in [-0.4, -0.2) is 26.8 Å². The van der Waals surface area contributed by atoms with Gasteiger partial charge in [-0.2, -0.15) is 10.2 Å². The summed E-state index contributed by atoms with van der Waals surface area (Å²) < 4.78 is 1.28. The number of nitro benzene ring substituents is 1. The number of halogens is 1. The van der Waals surface area contributed by atoms with E-state index in [2.05, 4.69) is 15.6 Å². The third-order valence-corrected chi connectivity index (χ3v) is 4.67. The number of nitrogens with one attached hydrogen (secondary N) is 1. The first-order chi connectivity index (χ1) is 14.4. The normalized spacial score (nSPS) is 11.1. The Bertz CT molecular complexity index is 1210. The molecule has 9 nitrogen and oxygen atoms in total. The van der Waals surface area contributed by atoms with Crippen LogP contribution in [-0.2, 0) is 6.54 Å². The molecule has 0 aliphatic heterocycles. The number of rotatable bonds is 7. The number of fused-ring (bicyclic) bond motifs is 1. The van der Waals surface area contributed by atoms with Crippen molar-refractivity contribution in [3.05, 3.63) is 79.2 Å². The molecule has 0 fully saturated rings. The summed E-state index contributed by atoms with van der Waals surface area (Å²) in [6, 6.07) is 10.9. The van der Waals surface area contributed by atoms with E-state index in [1.165, 1.54) is 29.1 Å². The highest BCUT2D eigenvalue weighted by Crippen LogP contribution is 2.24. The van der Waals surface area contributed by atoms with Crippen molar-refractivity contribution in [2.45, 2.75) is 26.3 Å². The Hall–Kier alpha value is -3.59. The number of hydrogen-bond donors (Lipinski definition) is 1. The van der Waals surface area contributed by atoms with Crippen LogP contribution in [0.3, 0.4) is 0 Å². The molecule has 1 amide bonds. The van der Waals surface area contributed by atoms with Crippen LogP contribution in [0.5, 0.6) is 0 Å². The molecule has 0 saturated heterocycles. The van der Waals surface area contributed by atoms with Crippen molar-refractivity contribution in [2.24, 2.45) is 5.10 Å². The maximum absolute atomic E-state index is 12.7. The van der Waals surface area contributed by atoms with Crippen LogP contribution in [0.4, 0.5) is 5.69 Å². The summed E-state index contributed by atoms with van der Waals surface area (Å²) >= 11 is 5.78. The molecule has 0 saturated carbocycles. The maximum atomic E-state index is 12.7. The van der Waals surface area contributed by atoms with E-state index in [0.717, 1.165) is 12.8 Å². The first-order valence-corrected chi connectivity index (χ1v) is 9.57. The molecule has 0 unspecified atom stereocenters. The number of nitro groups is 1. The lowest BCUT2D eigenvalue weighted by Crippen LogP contribution is -2.29. The number of unbranched alkanes of at least 4 members (excludes halogenated alkanes) is 1. The molecule has 0 radical (unpaired) electrons. The number of aromatic nitrogens is 2.